The highest BCUT2D eigenvalue weighted by atomic mass is 35.5. The van der Waals surface area contributed by atoms with Gasteiger partial charge in [0.15, 0.2) is 5.16 Å². The van der Waals surface area contributed by atoms with Crippen LogP contribution in [0.5, 0.6) is 11.5 Å². The van der Waals surface area contributed by atoms with E-state index in [2.05, 4.69) is 17.2 Å². The second kappa shape index (κ2) is 10.5. The van der Waals surface area contributed by atoms with E-state index in [4.69, 9.17) is 21.1 Å². The fraction of sp³-hybridized carbons (Fsp3) is 0.318. The standard InChI is InChI=1S/C22H24ClN3O4S/c1-4-5-10-26-21(28)14-8-6-7-9-16(14)25-22(26)31-13-20(27)24-17-11-15(23)18(29-2)12-19(17)30-3/h6-9,11-12H,4-5,10,13H2,1-3H3,(H,24,27). The number of para-hydroxylation sites is 1. The largest absolute Gasteiger partial charge is 0.495 e. The zero-order chi connectivity index (χ0) is 22.4. The number of thioether (sulfide) groups is 1. The van der Waals surface area contributed by atoms with E-state index in [-0.39, 0.29) is 17.2 Å². The zero-order valence-electron chi connectivity index (χ0n) is 17.6. The van der Waals surface area contributed by atoms with Gasteiger partial charge in [-0.05, 0) is 24.6 Å². The van der Waals surface area contributed by atoms with Crippen LogP contribution < -0.4 is 20.3 Å². The molecule has 164 valence electrons. The summed E-state index contributed by atoms with van der Waals surface area (Å²) in [6, 6.07) is 10.4. The highest BCUT2D eigenvalue weighted by Gasteiger charge is 2.15. The van der Waals surface area contributed by atoms with E-state index < -0.39 is 0 Å². The van der Waals surface area contributed by atoms with Crippen molar-refractivity contribution < 1.29 is 14.3 Å². The van der Waals surface area contributed by atoms with E-state index in [1.165, 1.54) is 26.0 Å². The number of halogens is 1. The quantitative estimate of drug-likeness (QED) is 0.370. The zero-order valence-corrected chi connectivity index (χ0v) is 19.2. The van der Waals surface area contributed by atoms with Crippen LogP contribution in [0.4, 0.5) is 5.69 Å². The van der Waals surface area contributed by atoms with E-state index in [1.807, 2.05) is 12.1 Å². The van der Waals surface area contributed by atoms with Crippen LogP contribution in [0.2, 0.25) is 5.02 Å². The summed E-state index contributed by atoms with van der Waals surface area (Å²) in [4.78, 5) is 30.2. The summed E-state index contributed by atoms with van der Waals surface area (Å²) in [5.41, 5.74) is 0.964. The fourth-order valence-electron chi connectivity index (χ4n) is 3.05. The van der Waals surface area contributed by atoms with E-state index in [0.717, 1.165) is 12.8 Å². The minimum absolute atomic E-state index is 0.0731. The first kappa shape index (κ1) is 23.0. The molecule has 1 amide bonds. The number of hydrogen-bond donors (Lipinski definition) is 1. The Bertz CT molecular complexity index is 1150. The van der Waals surface area contributed by atoms with Crippen LogP contribution in [0.3, 0.4) is 0 Å². The van der Waals surface area contributed by atoms with Crippen LogP contribution >= 0.6 is 23.4 Å². The lowest BCUT2D eigenvalue weighted by atomic mass is 10.2. The first-order chi connectivity index (χ1) is 15.0. The van der Waals surface area contributed by atoms with Gasteiger partial charge in [0, 0.05) is 12.6 Å². The number of hydrogen-bond acceptors (Lipinski definition) is 6. The lowest BCUT2D eigenvalue weighted by molar-refractivity contribution is -0.113. The van der Waals surface area contributed by atoms with Crippen molar-refractivity contribution in [3.63, 3.8) is 0 Å². The van der Waals surface area contributed by atoms with Gasteiger partial charge in [0.05, 0.1) is 41.6 Å². The van der Waals surface area contributed by atoms with Crippen LogP contribution in [0.25, 0.3) is 10.9 Å². The molecule has 3 rings (SSSR count). The molecule has 31 heavy (non-hydrogen) atoms. The number of rotatable bonds is 9. The second-order valence-corrected chi connectivity index (χ2v) is 8.10. The van der Waals surface area contributed by atoms with Gasteiger partial charge in [0.1, 0.15) is 11.5 Å². The monoisotopic (exact) mass is 461 g/mol. The summed E-state index contributed by atoms with van der Waals surface area (Å²) in [7, 11) is 3.00. The number of nitrogens with one attached hydrogen (secondary N) is 1. The molecule has 0 aliphatic carbocycles. The molecular weight excluding hydrogens is 438 g/mol. The molecule has 0 aliphatic rings. The Morgan fingerprint density at radius 1 is 1.19 bits per heavy atom. The first-order valence-electron chi connectivity index (χ1n) is 9.82. The van der Waals surface area contributed by atoms with E-state index in [1.54, 1.807) is 28.8 Å². The Morgan fingerprint density at radius 3 is 2.65 bits per heavy atom. The Balaban J connectivity index is 1.81. The van der Waals surface area contributed by atoms with E-state index in [9.17, 15) is 9.59 Å². The van der Waals surface area contributed by atoms with E-state index >= 15 is 0 Å². The molecule has 0 fully saturated rings. The van der Waals surface area contributed by atoms with Crippen LogP contribution in [0.15, 0.2) is 46.3 Å². The summed E-state index contributed by atoms with van der Waals surface area (Å²) in [6.07, 6.45) is 1.79. The van der Waals surface area contributed by atoms with Gasteiger partial charge in [-0.1, -0.05) is 48.8 Å². The topological polar surface area (TPSA) is 82.5 Å². The predicted molar refractivity (Wildman–Crippen MR) is 125 cm³/mol. The van der Waals surface area contributed by atoms with Gasteiger partial charge in [0.25, 0.3) is 5.56 Å². The molecule has 0 radical (unpaired) electrons. The summed E-state index contributed by atoms with van der Waals surface area (Å²) < 4.78 is 12.1. The van der Waals surface area contributed by atoms with Crippen molar-refractivity contribution in [1.29, 1.82) is 0 Å². The minimum atomic E-state index is -0.269. The number of unbranched alkanes of at least 4 members (excludes halogenated alkanes) is 1. The molecule has 1 N–H and O–H groups in total. The molecule has 2 aromatic carbocycles. The van der Waals surface area contributed by atoms with Crippen LogP contribution in [-0.4, -0.2) is 35.4 Å². The molecule has 0 unspecified atom stereocenters. The smallest absolute Gasteiger partial charge is 0.262 e. The number of fused-ring (bicyclic) bond motifs is 1. The minimum Gasteiger partial charge on any atom is -0.495 e. The normalized spacial score (nSPS) is 10.8. The molecule has 9 heteroatoms. The Kier molecular flexibility index (Phi) is 7.81. The molecule has 7 nitrogen and oxygen atoms in total. The Hall–Kier alpha value is -2.71. The van der Waals surface area contributed by atoms with Gasteiger partial charge in [-0.3, -0.25) is 14.2 Å². The van der Waals surface area contributed by atoms with Crippen molar-refractivity contribution in [2.24, 2.45) is 0 Å². The third-order valence-corrected chi connectivity index (χ3v) is 5.91. The number of methoxy groups -OCH3 is 2. The van der Waals surface area contributed by atoms with Crippen molar-refractivity contribution >= 4 is 45.9 Å². The molecule has 0 atom stereocenters. The maximum Gasteiger partial charge on any atom is 0.262 e. The number of carbonyl (C=O) groups excluding carboxylic acids is 1. The molecule has 0 saturated carbocycles. The Morgan fingerprint density at radius 2 is 1.94 bits per heavy atom. The van der Waals surface area contributed by atoms with E-state index in [0.29, 0.717) is 44.8 Å². The maximum atomic E-state index is 12.9. The van der Waals surface area contributed by atoms with Crippen LogP contribution in [0.1, 0.15) is 19.8 Å². The first-order valence-corrected chi connectivity index (χ1v) is 11.2. The van der Waals surface area contributed by atoms with Gasteiger partial charge >= 0.3 is 0 Å². The molecule has 0 aliphatic heterocycles. The van der Waals surface area contributed by atoms with Gasteiger partial charge in [-0.25, -0.2) is 4.98 Å². The summed E-state index contributed by atoms with van der Waals surface area (Å²) >= 11 is 7.39. The average Bonchev–Trinajstić information content (AvgIpc) is 2.77. The fourth-order valence-corrected chi connectivity index (χ4v) is 4.11. The van der Waals surface area contributed by atoms with Crippen LogP contribution in [-0.2, 0) is 11.3 Å². The molecule has 3 aromatic rings. The van der Waals surface area contributed by atoms with Gasteiger partial charge in [-0.2, -0.15) is 0 Å². The second-order valence-electron chi connectivity index (χ2n) is 6.75. The van der Waals surface area contributed by atoms with Crippen molar-refractivity contribution in [1.82, 2.24) is 9.55 Å². The lowest BCUT2D eigenvalue weighted by Crippen LogP contribution is -2.24. The predicted octanol–water partition coefficient (Wildman–Crippen LogP) is 4.60. The highest BCUT2D eigenvalue weighted by Crippen LogP contribution is 2.36. The van der Waals surface area contributed by atoms with Crippen LogP contribution in [0, 0.1) is 0 Å². The third-order valence-electron chi connectivity index (χ3n) is 4.64. The van der Waals surface area contributed by atoms with Crippen molar-refractivity contribution in [3.05, 3.63) is 51.8 Å². The maximum absolute atomic E-state index is 12.9. The average molecular weight is 462 g/mol. The van der Waals surface area contributed by atoms with Gasteiger partial charge in [-0.15, -0.1) is 0 Å². The Labute approximate surface area is 189 Å². The number of aromatic nitrogens is 2. The SMILES string of the molecule is CCCCn1c(SCC(=O)Nc2cc(Cl)c(OC)cc2OC)nc2ccccc2c1=O. The number of anilines is 1. The summed E-state index contributed by atoms with van der Waals surface area (Å²) in [6.45, 7) is 2.62. The third kappa shape index (κ3) is 5.32. The van der Waals surface area contributed by atoms with Crippen molar-refractivity contribution in [2.75, 3.05) is 25.3 Å². The molecule has 0 bridgehead atoms. The molecule has 1 heterocycles. The number of nitrogens with zero attached hydrogens (tertiary/aromatic N) is 2. The van der Waals surface area contributed by atoms with Gasteiger partial charge < -0.3 is 14.8 Å². The van der Waals surface area contributed by atoms with Gasteiger partial charge in [0.2, 0.25) is 5.91 Å². The number of carbonyl (C=O) groups is 1. The van der Waals surface area contributed by atoms with Crippen molar-refractivity contribution in [2.45, 2.75) is 31.5 Å². The molecular formula is C22H24ClN3O4S. The molecule has 1 aromatic heterocycles. The number of amides is 1. The number of ether oxygens (including phenoxy) is 2. The molecule has 0 spiro atoms. The summed E-state index contributed by atoms with van der Waals surface area (Å²) in [5.74, 6) is 0.687. The highest BCUT2D eigenvalue weighted by molar-refractivity contribution is 7.99. The number of benzene rings is 2. The summed E-state index contributed by atoms with van der Waals surface area (Å²) in [5, 5.41) is 4.25. The lowest BCUT2D eigenvalue weighted by Gasteiger charge is -2.14. The van der Waals surface area contributed by atoms with Crippen molar-refractivity contribution in [3.8, 4) is 11.5 Å². The molecule has 0 saturated heterocycles.